The third kappa shape index (κ3) is 2.48. The highest BCUT2D eigenvalue weighted by atomic mass is 16.5. The van der Waals surface area contributed by atoms with Crippen molar-refractivity contribution < 1.29 is 9.15 Å². The summed E-state index contributed by atoms with van der Waals surface area (Å²) in [7, 11) is 0. The van der Waals surface area contributed by atoms with Gasteiger partial charge in [0.1, 0.15) is 16.9 Å². The van der Waals surface area contributed by atoms with Gasteiger partial charge in [0.15, 0.2) is 0 Å². The van der Waals surface area contributed by atoms with E-state index in [0.717, 1.165) is 52.0 Å². The molecule has 6 rings (SSSR count). The van der Waals surface area contributed by atoms with Gasteiger partial charge in [-0.1, -0.05) is 51.1 Å². The number of fused-ring (bicyclic) bond motifs is 6. The molecule has 0 saturated carbocycles. The molecule has 148 valence electrons. The molecule has 0 aliphatic carbocycles. The van der Waals surface area contributed by atoms with E-state index in [1.807, 2.05) is 12.3 Å². The Hall–Kier alpha value is -3.33. The summed E-state index contributed by atoms with van der Waals surface area (Å²) in [5, 5.41) is 4.62. The minimum absolute atomic E-state index is 0.0202. The summed E-state index contributed by atoms with van der Waals surface area (Å²) >= 11 is 0. The summed E-state index contributed by atoms with van der Waals surface area (Å²) < 4.78 is 12.2. The van der Waals surface area contributed by atoms with Crippen LogP contribution >= 0.6 is 0 Å². The van der Waals surface area contributed by atoms with Crippen molar-refractivity contribution in [2.75, 3.05) is 6.61 Å². The highest BCUT2D eigenvalue weighted by Crippen LogP contribution is 2.44. The lowest BCUT2D eigenvalue weighted by molar-refractivity contribution is 0.360. The molecule has 1 aliphatic heterocycles. The highest BCUT2D eigenvalue weighted by Gasteiger charge is 2.24. The van der Waals surface area contributed by atoms with Crippen LogP contribution in [0.3, 0.4) is 0 Å². The van der Waals surface area contributed by atoms with Crippen LogP contribution in [0.15, 0.2) is 65.2 Å². The molecule has 30 heavy (non-hydrogen) atoms. The number of ether oxygens (including phenoxy) is 1. The van der Waals surface area contributed by atoms with Gasteiger partial charge in [-0.05, 0) is 51.6 Å². The van der Waals surface area contributed by atoms with Crippen molar-refractivity contribution in [1.82, 2.24) is 4.98 Å². The molecule has 0 amide bonds. The van der Waals surface area contributed by atoms with Gasteiger partial charge in [0, 0.05) is 18.2 Å². The van der Waals surface area contributed by atoms with E-state index in [0.29, 0.717) is 0 Å². The van der Waals surface area contributed by atoms with Crippen LogP contribution < -0.4 is 4.74 Å². The van der Waals surface area contributed by atoms with Gasteiger partial charge in [0.05, 0.1) is 23.1 Å². The van der Waals surface area contributed by atoms with E-state index in [4.69, 9.17) is 14.1 Å². The van der Waals surface area contributed by atoms with Crippen molar-refractivity contribution in [3.8, 4) is 17.0 Å². The first kappa shape index (κ1) is 17.5. The van der Waals surface area contributed by atoms with Crippen molar-refractivity contribution in [1.29, 1.82) is 0 Å². The van der Waals surface area contributed by atoms with Crippen LogP contribution in [0.1, 0.15) is 31.9 Å². The SMILES string of the molecule is CC(C)(C)c1cc(-c2nccc3oc4ccc5c(c4c23)OCC5)cc2ccccc12. The Bertz CT molecular complexity index is 1450. The Labute approximate surface area is 175 Å². The Morgan fingerprint density at radius 2 is 1.73 bits per heavy atom. The van der Waals surface area contributed by atoms with Gasteiger partial charge < -0.3 is 9.15 Å². The van der Waals surface area contributed by atoms with Crippen LogP contribution in [-0.4, -0.2) is 11.6 Å². The first-order chi connectivity index (χ1) is 14.5. The van der Waals surface area contributed by atoms with Gasteiger partial charge in [0.25, 0.3) is 0 Å². The van der Waals surface area contributed by atoms with E-state index in [2.05, 4.69) is 69.3 Å². The normalized spacial score (nSPS) is 13.8. The molecule has 3 aromatic carbocycles. The summed E-state index contributed by atoms with van der Waals surface area (Å²) in [5.41, 5.74) is 6.36. The molecule has 3 nitrogen and oxygen atoms in total. The Kier molecular flexibility index (Phi) is 3.55. The molecule has 2 aromatic heterocycles. The van der Waals surface area contributed by atoms with Gasteiger partial charge in [0.2, 0.25) is 0 Å². The molecule has 0 atom stereocenters. The molecule has 0 fully saturated rings. The zero-order valence-corrected chi connectivity index (χ0v) is 17.5. The van der Waals surface area contributed by atoms with Gasteiger partial charge in [-0.3, -0.25) is 4.98 Å². The number of benzene rings is 3. The van der Waals surface area contributed by atoms with Gasteiger partial charge in [-0.2, -0.15) is 0 Å². The lowest BCUT2D eigenvalue weighted by atomic mass is 9.82. The number of aromatic nitrogens is 1. The number of pyridine rings is 1. The lowest BCUT2D eigenvalue weighted by Crippen LogP contribution is -2.12. The van der Waals surface area contributed by atoms with Crippen LogP contribution in [0.2, 0.25) is 0 Å². The fraction of sp³-hybridized carbons (Fsp3) is 0.222. The van der Waals surface area contributed by atoms with Crippen LogP contribution in [0.5, 0.6) is 5.75 Å². The highest BCUT2D eigenvalue weighted by molar-refractivity contribution is 6.15. The molecule has 0 unspecified atom stereocenters. The second-order valence-corrected chi connectivity index (χ2v) is 9.16. The molecule has 0 spiro atoms. The van der Waals surface area contributed by atoms with Gasteiger partial charge in [-0.15, -0.1) is 0 Å². The third-order valence-electron chi connectivity index (χ3n) is 6.14. The molecule has 0 saturated heterocycles. The smallest absolute Gasteiger partial charge is 0.139 e. The Morgan fingerprint density at radius 3 is 2.60 bits per heavy atom. The first-order valence-electron chi connectivity index (χ1n) is 10.5. The van der Waals surface area contributed by atoms with Crippen LogP contribution in [0.25, 0.3) is 44.0 Å². The third-order valence-corrected chi connectivity index (χ3v) is 6.14. The minimum atomic E-state index is 0.0202. The number of nitrogens with zero attached hydrogens (tertiary/aromatic N) is 1. The van der Waals surface area contributed by atoms with E-state index in [-0.39, 0.29) is 5.41 Å². The molecule has 0 N–H and O–H groups in total. The van der Waals surface area contributed by atoms with Gasteiger partial charge in [-0.25, -0.2) is 0 Å². The zero-order valence-electron chi connectivity index (χ0n) is 17.5. The summed E-state index contributed by atoms with van der Waals surface area (Å²) in [5.74, 6) is 0.956. The Morgan fingerprint density at radius 1 is 0.900 bits per heavy atom. The van der Waals surface area contributed by atoms with Crippen molar-refractivity contribution in [3.05, 3.63) is 71.9 Å². The first-order valence-corrected chi connectivity index (χ1v) is 10.5. The van der Waals surface area contributed by atoms with E-state index in [9.17, 15) is 0 Å². The average Bonchev–Trinajstić information content (AvgIpc) is 3.35. The second kappa shape index (κ2) is 6.09. The fourth-order valence-corrected chi connectivity index (χ4v) is 4.73. The lowest BCUT2D eigenvalue weighted by Gasteiger charge is -2.22. The molecule has 0 bridgehead atoms. The number of hydrogen-bond acceptors (Lipinski definition) is 3. The van der Waals surface area contributed by atoms with Crippen molar-refractivity contribution in [2.24, 2.45) is 0 Å². The average molecular weight is 393 g/mol. The number of hydrogen-bond donors (Lipinski definition) is 0. The quantitative estimate of drug-likeness (QED) is 0.306. The molecular weight excluding hydrogens is 370 g/mol. The van der Waals surface area contributed by atoms with E-state index < -0.39 is 0 Å². The van der Waals surface area contributed by atoms with E-state index in [1.165, 1.54) is 21.9 Å². The molecule has 0 radical (unpaired) electrons. The molecule has 1 aliphatic rings. The minimum Gasteiger partial charge on any atom is -0.492 e. The second-order valence-electron chi connectivity index (χ2n) is 9.16. The van der Waals surface area contributed by atoms with Crippen LogP contribution in [-0.2, 0) is 11.8 Å². The maximum atomic E-state index is 6.20. The van der Waals surface area contributed by atoms with Crippen LogP contribution in [0, 0.1) is 0 Å². The van der Waals surface area contributed by atoms with Crippen molar-refractivity contribution in [2.45, 2.75) is 32.6 Å². The van der Waals surface area contributed by atoms with Gasteiger partial charge >= 0.3 is 0 Å². The monoisotopic (exact) mass is 393 g/mol. The predicted molar refractivity (Wildman–Crippen MR) is 122 cm³/mol. The maximum Gasteiger partial charge on any atom is 0.139 e. The predicted octanol–water partition coefficient (Wildman–Crippen LogP) is 7.03. The molecule has 5 aromatic rings. The van der Waals surface area contributed by atoms with E-state index in [1.54, 1.807) is 0 Å². The molecule has 3 heterocycles. The summed E-state index contributed by atoms with van der Waals surface area (Å²) in [6.07, 6.45) is 2.78. The maximum absolute atomic E-state index is 6.20. The fourth-order valence-electron chi connectivity index (χ4n) is 4.73. The number of furan rings is 1. The Balaban J connectivity index is 1.73. The largest absolute Gasteiger partial charge is 0.492 e. The summed E-state index contributed by atoms with van der Waals surface area (Å²) in [6.45, 7) is 7.52. The van der Waals surface area contributed by atoms with Crippen molar-refractivity contribution in [3.63, 3.8) is 0 Å². The van der Waals surface area contributed by atoms with Crippen LogP contribution in [0.4, 0.5) is 0 Å². The standard InChI is InChI=1S/C27H23NO2/c1-27(2,3)20-15-18(14-17-6-4-5-7-19(17)20)25-23-22(10-12-28-25)30-21-9-8-16-11-13-29-26(16)24(21)23/h4-10,12,14-15H,11,13H2,1-3H3. The van der Waals surface area contributed by atoms with Crippen molar-refractivity contribution >= 4 is 32.7 Å². The molecule has 3 heteroatoms. The topological polar surface area (TPSA) is 35.3 Å². The zero-order chi connectivity index (χ0) is 20.5. The van der Waals surface area contributed by atoms with E-state index >= 15 is 0 Å². The molecular formula is C27H23NO2. The number of rotatable bonds is 1. The summed E-state index contributed by atoms with van der Waals surface area (Å²) in [6, 6.07) is 19.3. The summed E-state index contributed by atoms with van der Waals surface area (Å²) in [4.78, 5) is 4.84.